The van der Waals surface area contributed by atoms with Gasteiger partial charge in [-0.15, -0.1) is 11.3 Å². The molecule has 0 bridgehead atoms. The predicted molar refractivity (Wildman–Crippen MR) is 88.6 cm³/mol. The van der Waals surface area contributed by atoms with E-state index in [9.17, 15) is 0 Å². The zero-order valence-electron chi connectivity index (χ0n) is 12.1. The van der Waals surface area contributed by atoms with Crippen LogP contribution in [0.15, 0.2) is 48.5 Å². The van der Waals surface area contributed by atoms with Crippen LogP contribution in [0.3, 0.4) is 0 Å². The van der Waals surface area contributed by atoms with Crippen molar-refractivity contribution in [2.45, 2.75) is 19.9 Å². The average molecular weight is 281 g/mol. The Labute approximate surface area is 124 Å². The lowest BCUT2D eigenvalue weighted by Gasteiger charge is -2.16. The van der Waals surface area contributed by atoms with E-state index in [2.05, 4.69) is 67.7 Å². The summed E-state index contributed by atoms with van der Waals surface area (Å²) in [5.41, 5.74) is 4.03. The molecule has 3 rings (SSSR count). The fourth-order valence-electron chi connectivity index (χ4n) is 2.56. The van der Waals surface area contributed by atoms with Gasteiger partial charge >= 0.3 is 0 Å². The first-order chi connectivity index (χ1) is 9.69. The Morgan fingerprint density at radius 1 is 0.950 bits per heavy atom. The maximum absolute atomic E-state index is 3.45. The largest absolute Gasteiger partial charge is 0.309 e. The Kier molecular flexibility index (Phi) is 3.60. The van der Waals surface area contributed by atoms with Gasteiger partial charge in [0.25, 0.3) is 0 Å². The summed E-state index contributed by atoms with van der Waals surface area (Å²) in [6, 6.07) is 17.9. The molecule has 0 saturated heterocycles. The molecule has 1 heterocycles. The molecule has 1 atom stereocenters. The van der Waals surface area contributed by atoms with E-state index < -0.39 is 0 Å². The van der Waals surface area contributed by atoms with Gasteiger partial charge in [-0.25, -0.2) is 0 Å². The summed E-state index contributed by atoms with van der Waals surface area (Å²) in [4.78, 5) is 1.37. The first kappa shape index (κ1) is 13.3. The van der Waals surface area contributed by atoms with Crippen molar-refractivity contribution >= 4 is 21.4 Å². The minimum absolute atomic E-state index is 0.270. The molecule has 0 spiro atoms. The molecule has 20 heavy (non-hydrogen) atoms. The zero-order valence-corrected chi connectivity index (χ0v) is 12.9. The molecule has 2 aromatic carbocycles. The lowest BCUT2D eigenvalue weighted by molar-refractivity contribution is 0.703. The maximum atomic E-state index is 3.45. The maximum Gasteiger partial charge on any atom is 0.0669 e. The molecule has 1 N–H and O–H groups in total. The molecule has 3 aromatic rings. The van der Waals surface area contributed by atoms with Gasteiger partial charge in [0.2, 0.25) is 0 Å². The Balaban J connectivity index is 2.06. The smallest absolute Gasteiger partial charge is 0.0669 e. The van der Waals surface area contributed by atoms with E-state index in [1.165, 1.54) is 31.7 Å². The van der Waals surface area contributed by atoms with Gasteiger partial charge in [0.15, 0.2) is 0 Å². The molecule has 2 heteroatoms. The molecular formula is C18H19NS. The van der Waals surface area contributed by atoms with Crippen molar-refractivity contribution in [2.24, 2.45) is 0 Å². The molecule has 0 fully saturated rings. The van der Waals surface area contributed by atoms with E-state index in [-0.39, 0.29) is 6.04 Å². The van der Waals surface area contributed by atoms with Crippen LogP contribution in [0.4, 0.5) is 0 Å². The summed E-state index contributed by atoms with van der Waals surface area (Å²) in [6.07, 6.45) is 0. The van der Waals surface area contributed by atoms with E-state index in [0.29, 0.717) is 0 Å². The Hall–Kier alpha value is -1.64. The average Bonchev–Trinajstić information content (AvgIpc) is 2.87. The molecule has 0 aliphatic rings. The minimum Gasteiger partial charge on any atom is -0.309 e. The SMILES string of the molecule is CNC(c1ccc(C)c(C)c1)c1cc2ccccc2s1. The number of hydrogen-bond donors (Lipinski definition) is 1. The number of aryl methyl sites for hydroxylation is 2. The van der Waals surface area contributed by atoms with Gasteiger partial charge in [0.1, 0.15) is 0 Å². The summed E-state index contributed by atoms with van der Waals surface area (Å²) < 4.78 is 1.35. The fourth-order valence-corrected chi connectivity index (χ4v) is 3.77. The third-order valence-electron chi connectivity index (χ3n) is 3.88. The predicted octanol–water partition coefficient (Wildman–Crippen LogP) is 4.83. The van der Waals surface area contributed by atoms with E-state index in [1.54, 1.807) is 0 Å². The van der Waals surface area contributed by atoms with Gasteiger partial charge < -0.3 is 5.32 Å². The molecule has 0 amide bonds. The van der Waals surface area contributed by atoms with Crippen molar-refractivity contribution in [3.63, 3.8) is 0 Å². The van der Waals surface area contributed by atoms with E-state index in [4.69, 9.17) is 0 Å². The van der Waals surface area contributed by atoms with Gasteiger partial charge in [0.05, 0.1) is 6.04 Å². The number of benzene rings is 2. The quantitative estimate of drug-likeness (QED) is 0.725. The second kappa shape index (κ2) is 5.39. The van der Waals surface area contributed by atoms with Gasteiger partial charge in [-0.1, -0.05) is 36.4 Å². The van der Waals surface area contributed by atoms with Crippen molar-refractivity contribution in [3.05, 3.63) is 70.1 Å². The number of hydrogen-bond acceptors (Lipinski definition) is 2. The number of nitrogens with one attached hydrogen (secondary N) is 1. The fraction of sp³-hybridized carbons (Fsp3) is 0.222. The number of rotatable bonds is 3. The number of thiophene rings is 1. The molecular weight excluding hydrogens is 262 g/mol. The second-order valence-corrected chi connectivity index (χ2v) is 6.37. The normalized spacial score (nSPS) is 12.8. The number of fused-ring (bicyclic) bond motifs is 1. The molecule has 1 nitrogen and oxygen atoms in total. The highest BCUT2D eigenvalue weighted by Crippen LogP contribution is 2.33. The molecule has 1 aromatic heterocycles. The monoisotopic (exact) mass is 281 g/mol. The molecule has 0 saturated carbocycles. The van der Waals surface area contributed by atoms with Crippen molar-refractivity contribution < 1.29 is 0 Å². The van der Waals surface area contributed by atoms with Gasteiger partial charge in [-0.2, -0.15) is 0 Å². The Morgan fingerprint density at radius 3 is 2.45 bits per heavy atom. The molecule has 102 valence electrons. The molecule has 0 radical (unpaired) electrons. The second-order valence-electron chi connectivity index (χ2n) is 5.25. The highest BCUT2D eigenvalue weighted by molar-refractivity contribution is 7.19. The summed E-state index contributed by atoms with van der Waals surface area (Å²) in [5, 5.41) is 4.78. The van der Waals surface area contributed by atoms with Crippen LogP contribution in [-0.4, -0.2) is 7.05 Å². The van der Waals surface area contributed by atoms with Crippen molar-refractivity contribution in [1.29, 1.82) is 0 Å². The molecule has 0 aliphatic carbocycles. The molecule has 0 aliphatic heterocycles. The van der Waals surface area contributed by atoms with E-state index in [0.717, 1.165) is 0 Å². The highest BCUT2D eigenvalue weighted by Gasteiger charge is 2.15. The third-order valence-corrected chi connectivity index (χ3v) is 5.06. The lowest BCUT2D eigenvalue weighted by Crippen LogP contribution is -2.16. The zero-order chi connectivity index (χ0) is 14.1. The van der Waals surface area contributed by atoms with Crippen LogP contribution in [0.1, 0.15) is 27.6 Å². The van der Waals surface area contributed by atoms with E-state index >= 15 is 0 Å². The van der Waals surface area contributed by atoms with Crippen LogP contribution in [0.5, 0.6) is 0 Å². The van der Waals surface area contributed by atoms with Crippen molar-refractivity contribution in [3.8, 4) is 0 Å². The summed E-state index contributed by atoms with van der Waals surface area (Å²) in [6.45, 7) is 4.34. The first-order valence-corrected chi connectivity index (χ1v) is 7.73. The molecule has 1 unspecified atom stereocenters. The van der Waals surface area contributed by atoms with Crippen LogP contribution >= 0.6 is 11.3 Å². The van der Waals surface area contributed by atoms with Crippen LogP contribution in [-0.2, 0) is 0 Å². The van der Waals surface area contributed by atoms with Crippen molar-refractivity contribution in [2.75, 3.05) is 7.05 Å². The van der Waals surface area contributed by atoms with Gasteiger partial charge in [0, 0.05) is 9.58 Å². The van der Waals surface area contributed by atoms with Crippen LogP contribution in [0, 0.1) is 13.8 Å². The Bertz CT molecular complexity index is 709. The van der Waals surface area contributed by atoms with Crippen LogP contribution in [0.25, 0.3) is 10.1 Å². The minimum atomic E-state index is 0.270. The summed E-state index contributed by atoms with van der Waals surface area (Å²) >= 11 is 1.87. The van der Waals surface area contributed by atoms with E-state index in [1.807, 2.05) is 18.4 Å². The van der Waals surface area contributed by atoms with Crippen LogP contribution in [0.2, 0.25) is 0 Å². The standard InChI is InChI=1S/C18H19NS/c1-12-8-9-15(10-13(12)2)18(19-3)17-11-14-6-4-5-7-16(14)20-17/h4-11,18-19H,1-3H3. The Morgan fingerprint density at radius 2 is 1.75 bits per heavy atom. The third kappa shape index (κ3) is 2.37. The van der Waals surface area contributed by atoms with Crippen LogP contribution < -0.4 is 5.32 Å². The first-order valence-electron chi connectivity index (χ1n) is 6.92. The lowest BCUT2D eigenvalue weighted by atomic mass is 10.00. The summed E-state index contributed by atoms with van der Waals surface area (Å²) in [5.74, 6) is 0. The highest BCUT2D eigenvalue weighted by atomic mass is 32.1. The van der Waals surface area contributed by atoms with Gasteiger partial charge in [-0.3, -0.25) is 0 Å². The topological polar surface area (TPSA) is 12.0 Å². The van der Waals surface area contributed by atoms with Crippen molar-refractivity contribution in [1.82, 2.24) is 5.32 Å². The summed E-state index contributed by atoms with van der Waals surface area (Å²) in [7, 11) is 2.03. The van der Waals surface area contributed by atoms with Gasteiger partial charge in [-0.05, 0) is 55.1 Å².